The van der Waals surface area contributed by atoms with Crippen LogP contribution in [0, 0.1) is 0 Å². The van der Waals surface area contributed by atoms with E-state index in [1.54, 1.807) is 16.4 Å². The molecule has 1 fully saturated rings. The molecule has 4 nitrogen and oxygen atoms in total. The molecule has 1 unspecified atom stereocenters. The van der Waals surface area contributed by atoms with Crippen LogP contribution in [0.3, 0.4) is 0 Å². The van der Waals surface area contributed by atoms with Gasteiger partial charge in [-0.05, 0) is 49.1 Å². The third-order valence-corrected chi connectivity index (χ3v) is 7.01. The van der Waals surface area contributed by atoms with Crippen LogP contribution in [0.4, 0.5) is 5.69 Å². The van der Waals surface area contributed by atoms with Crippen molar-refractivity contribution in [3.8, 4) is 0 Å². The van der Waals surface area contributed by atoms with Crippen LogP contribution in [0.15, 0.2) is 65.6 Å². The van der Waals surface area contributed by atoms with Gasteiger partial charge in [0.25, 0.3) is 0 Å². The molecule has 1 aliphatic heterocycles. The van der Waals surface area contributed by atoms with Crippen molar-refractivity contribution in [1.29, 1.82) is 0 Å². The Morgan fingerprint density at radius 3 is 2.52 bits per heavy atom. The van der Waals surface area contributed by atoms with Crippen LogP contribution in [0.1, 0.15) is 38.2 Å². The molecule has 0 radical (unpaired) electrons. The average molecular weight is 385 g/mol. The number of hydrogen-bond donors (Lipinski definition) is 1. The maximum absolute atomic E-state index is 13.0. The summed E-state index contributed by atoms with van der Waals surface area (Å²) in [5.41, 5.74) is 2.07. The molecule has 1 heterocycles. The smallest absolute Gasteiger partial charge is 0.243 e. The first-order valence-electron chi connectivity index (χ1n) is 9.68. The van der Waals surface area contributed by atoms with E-state index >= 15 is 0 Å². The van der Waals surface area contributed by atoms with Crippen LogP contribution in [-0.4, -0.2) is 31.9 Å². The molecule has 0 amide bonds. The fourth-order valence-electron chi connectivity index (χ4n) is 3.51. The first kappa shape index (κ1) is 19.6. The quantitative estimate of drug-likeness (QED) is 0.748. The van der Waals surface area contributed by atoms with Gasteiger partial charge in [0, 0.05) is 24.8 Å². The monoisotopic (exact) mass is 384 g/mol. The molecule has 0 aliphatic carbocycles. The van der Waals surface area contributed by atoms with Crippen LogP contribution in [0.2, 0.25) is 0 Å². The molecule has 0 spiro atoms. The van der Waals surface area contributed by atoms with Crippen molar-refractivity contribution in [2.45, 2.75) is 43.5 Å². The first-order valence-corrected chi connectivity index (χ1v) is 11.1. The summed E-state index contributed by atoms with van der Waals surface area (Å²) in [6.07, 6.45) is 8.01. The summed E-state index contributed by atoms with van der Waals surface area (Å²) in [6, 6.07) is 17.4. The van der Waals surface area contributed by atoms with E-state index in [9.17, 15) is 8.42 Å². The first-order chi connectivity index (χ1) is 13.1. The van der Waals surface area contributed by atoms with E-state index in [0.29, 0.717) is 18.0 Å². The van der Waals surface area contributed by atoms with Gasteiger partial charge in [0.15, 0.2) is 0 Å². The molecule has 1 saturated heterocycles. The number of piperidine rings is 1. The van der Waals surface area contributed by atoms with Crippen molar-refractivity contribution in [2.24, 2.45) is 0 Å². The van der Waals surface area contributed by atoms with Gasteiger partial charge in [0.1, 0.15) is 0 Å². The van der Waals surface area contributed by atoms with Gasteiger partial charge >= 0.3 is 0 Å². The number of benzene rings is 2. The minimum absolute atomic E-state index is 0.129. The van der Waals surface area contributed by atoms with Gasteiger partial charge in [-0.2, -0.15) is 4.31 Å². The summed E-state index contributed by atoms with van der Waals surface area (Å²) in [5, 5.41) is 3.30. The van der Waals surface area contributed by atoms with Crippen molar-refractivity contribution in [2.75, 3.05) is 18.4 Å². The summed E-state index contributed by atoms with van der Waals surface area (Å²) in [7, 11) is -3.41. The zero-order valence-corrected chi connectivity index (χ0v) is 16.7. The highest BCUT2D eigenvalue weighted by atomic mass is 32.2. The number of nitrogens with zero attached hydrogens (tertiary/aromatic N) is 1. The highest BCUT2D eigenvalue weighted by molar-refractivity contribution is 7.89. The van der Waals surface area contributed by atoms with Gasteiger partial charge < -0.3 is 5.32 Å². The lowest BCUT2D eigenvalue weighted by Crippen LogP contribution is -2.43. The van der Waals surface area contributed by atoms with Crippen LogP contribution in [-0.2, 0) is 10.0 Å². The zero-order valence-electron chi connectivity index (χ0n) is 15.8. The Balaban J connectivity index is 1.61. The lowest BCUT2D eigenvalue weighted by Gasteiger charge is -2.34. The molecular formula is C22H28N2O2S. The van der Waals surface area contributed by atoms with Crippen LogP contribution >= 0.6 is 0 Å². The number of anilines is 1. The Kier molecular flexibility index (Phi) is 6.69. The van der Waals surface area contributed by atoms with Crippen LogP contribution in [0.25, 0.3) is 6.08 Å². The van der Waals surface area contributed by atoms with E-state index < -0.39 is 10.0 Å². The Bertz CT molecular complexity index is 846. The normalized spacial score (nSPS) is 18.6. The summed E-state index contributed by atoms with van der Waals surface area (Å²) in [4.78, 5) is 0.383. The average Bonchev–Trinajstić information content (AvgIpc) is 2.72. The zero-order chi connectivity index (χ0) is 19.1. The van der Waals surface area contributed by atoms with Gasteiger partial charge in [0.2, 0.25) is 10.0 Å². The number of hydrogen-bond acceptors (Lipinski definition) is 3. The van der Waals surface area contributed by atoms with Crippen molar-refractivity contribution in [3.05, 3.63) is 66.2 Å². The molecule has 0 aromatic heterocycles. The minimum Gasteiger partial charge on any atom is -0.382 e. The van der Waals surface area contributed by atoms with E-state index in [0.717, 1.165) is 36.9 Å². The second-order valence-corrected chi connectivity index (χ2v) is 8.78. The van der Waals surface area contributed by atoms with Crippen LogP contribution < -0.4 is 5.32 Å². The van der Waals surface area contributed by atoms with Gasteiger partial charge in [-0.3, -0.25) is 0 Å². The SMILES string of the molecule is CCC1CCCCN1S(=O)(=O)c1ccc(NC/C=C/c2ccccc2)cc1. The van der Waals surface area contributed by atoms with Gasteiger partial charge in [-0.15, -0.1) is 0 Å². The third kappa shape index (κ3) is 4.99. The lowest BCUT2D eigenvalue weighted by molar-refractivity contribution is 0.246. The molecular weight excluding hydrogens is 356 g/mol. The largest absolute Gasteiger partial charge is 0.382 e. The summed E-state index contributed by atoms with van der Waals surface area (Å²) >= 11 is 0. The number of sulfonamides is 1. The fraction of sp³-hybridized carbons (Fsp3) is 0.364. The minimum atomic E-state index is -3.41. The van der Waals surface area contributed by atoms with Gasteiger partial charge in [-0.1, -0.05) is 55.8 Å². The number of nitrogens with one attached hydrogen (secondary N) is 1. The topological polar surface area (TPSA) is 49.4 Å². The Hall–Kier alpha value is -2.11. The molecule has 1 aliphatic rings. The Morgan fingerprint density at radius 1 is 1.07 bits per heavy atom. The molecule has 144 valence electrons. The van der Waals surface area contributed by atoms with Crippen molar-refractivity contribution < 1.29 is 8.42 Å². The molecule has 0 bridgehead atoms. The molecule has 27 heavy (non-hydrogen) atoms. The third-order valence-electron chi connectivity index (χ3n) is 5.04. The van der Waals surface area contributed by atoms with E-state index in [1.165, 1.54) is 0 Å². The predicted molar refractivity (Wildman–Crippen MR) is 112 cm³/mol. The second-order valence-electron chi connectivity index (χ2n) is 6.89. The highest BCUT2D eigenvalue weighted by Gasteiger charge is 2.32. The highest BCUT2D eigenvalue weighted by Crippen LogP contribution is 2.27. The van der Waals surface area contributed by atoms with Crippen molar-refractivity contribution in [1.82, 2.24) is 4.31 Å². The van der Waals surface area contributed by atoms with E-state index in [1.807, 2.05) is 30.3 Å². The second kappa shape index (κ2) is 9.20. The molecule has 5 heteroatoms. The molecule has 3 rings (SSSR count). The van der Waals surface area contributed by atoms with Crippen LogP contribution in [0.5, 0.6) is 0 Å². The Labute approximate surface area is 163 Å². The predicted octanol–water partition coefficient (Wildman–Crippen LogP) is 4.77. The standard InChI is InChI=1S/C22H28N2O2S/c1-2-21-12-6-7-18-24(21)27(25,26)22-15-13-20(14-16-22)23-17-8-11-19-9-4-3-5-10-19/h3-5,8-11,13-16,21,23H,2,6-7,12,17-18H2,1H3/b11-8+. The van der Waals surface area contributed by atoms with E-state index in [4.69, 9.17) is 0 Å². The summed E-state index contributed by atoms with van der Waals surface area (Å²) in [5.74, 6) is 0. The Morgan fingerprint density at radius 2 is 1.81 bits per heavy atom. The summed E-state index contributed by atoms with van der Waals surface area (Å²) in [6.45, 7) is 3.38. The van der Waals surface area contributed by atoms with E-state index in [-0.39, 0.29) is 6.04 Å². The molecule has 2 aromatic carbocycles. The van der Waals surface area contributed by atoms with Crippen molar-refractivity contribution >= 4 is 21.8 Å². The number of rotatable bonds is 7. The van der Waals surface area contributed by atoms with Gasteiger partial charge in [-0.25, -0.2) is 8.42 Å². The lowest BCUT2D eigenvalue weighted by atomic mass is 10.0. The van der Waals surface area contributed by atoms with Crippen molar-refractivity contribution in [3.63, 3.8) is 0 Å². The van der Waals surface area contributed by atoms with Gasteiger partial charge in [0.05, 0.1) is 4.90 Å². The molecule has 0 saturated carbocycles. The molecule has 2 aromatic rings. The molecule has 1 atom stereocenters. The maximum atomic E-state index is 13.0. The fourth-order valence-corrected chi connectivity index (χ4v) is 5.28. The summed E-state index contributed by atoms with van der Waals surface area (Å²) < 4.78 is 27.7. The maximum Gasteiger partial charge on any atom is 0.243 e. The van der Waals surface area contributed by atoms with E-state index in [2.05, 4.69) is 36.5 Å². The molecule has 1 N–H and O–H groups in total.